The molecule has 1 aliphatic rings. The van der Waals surface area contributed by atoms with Gasteiger partial charge in [-0.15, -0.1) is 13.2 Å². The normalized spacial score (nSPS) is 16.0. The summed E-state index contributed by atoms with van der Waals surface area (Å²) in [5.41, 5.74) is 0.108. The van der Waals surface area contributed by atoms with E-state index in [9.17, 15) is 18.0 Å². The number of alkyl halides is 3. The number of ether oxygens (including phenoxy) is 2. The number of amides is 1. The highest BCUT2D eigenvalue weighted by atomic mass is 35.5. The molecule has 1 saturated heterocycles. The monoisotopic (exact) mass is 351 g/mol. The van der Waals surface area contributed by atoms with Crippen molar-refractivity contribution < 1.29 is 27.4 Å². The molecule has 23 heavy (non-hydrogen) atoms. The molecular weight excluding hydrogens is 335 g/mol. The summed E-state index contributed by atoms with van der Waals surface area (Å²) in [5.74, 6) is -0.399. The standard InChI is InChI=1S/C15H17ClF3NO3/c1-14(2,3)23-13(21)20-7-9(8-20)11-5-4-10(6-12(11)16)22-15(17,18)19/h4-6,9H,7-8H2,1-3H3. The Bertz CT molecular complexity index is 593. The fraction of sp³-hybridized carbons (Fsp3) is 0.533. The lowest BCUT2D eigenvalue weighted by atomic mass is 9.92. The second kappa shape index (κ2) is 6.11. The molecule has 128 valence electrons. The Morgan fingerprint density at radius 3 is 2.35 bits per heavy atom. The van der Waals surface area contributed by atoms with Gasteiger partial charge in [-0.05, 0) is 38.5 Å². The van der Waals surface area contributed by atoms with E-state index >= 15 is 0 Å². The number of carbonyl (C=O) groups is 1. The van der Waals surface area contributed by atoms with E-state index in [1.165, 1.54) is 17.0 Å². The third-order valence-corrected chi connectivity index (χ3v) is 3.51. The third-order valence-electron chi connectivity index (χ3n) is 3.18. The van der Waals surface area contributed by atoms with Gasteiger partial charge in [-0.25, -0.2) is 4.79 Å². The van der Waals surface area contributed by atoms with Crippen molar-refractivity contribution in [3.63, 3.8) is 0 Å². The van der Waals surface area contributed by atoms with Crippen LogP contribution in [0.4, 0.5) is 18.0 Å². The van der Waals surface area contributed by atoms with Crippen LogP contribution in [0.1, 0.15) is 32.3 Å². The minimum absolute atomic E-state index is 0.0324. The smallest absolute Gasteiger partial charge is 0.444 e. The van der Waals surface area contributed by atoms with Crippen LogP contribution >= 0.6 is 11.6 Å². The summed E-state index contributed by atoms with van der Waals surface area (Å²) >= 11 is 6.02. The molecule has 1 aromatic carbocycles. The molecular formula is C15H17ClF3NO3. The van der Waals surface area contributed by atoms with Gasteiger partial charge in [0, 0.05) is 24.0 Å². The van der Waals surface area contributed by atoms with Gasteiger partial charge in [0.2, 0.25) is 0 Å². The maximum Gasteiger partial charge on any atom is 0.573 e. The molecule has 1 heterocycles. The molecule has 1 amide bonds. The van der Waals surface area contributed by atoms with Crippen molar-refractivity contribution in [2.75, 3.05) is 13.1 Å². The number of likely N-dealkylation sites (tertiary alicyclic amines) is 1. The van der Waals surface area contributed by atoms with E-state index in [0.717, 1.165) is 6.07 Å². The minimum atomic E-state index is -4.76. The van der Waals surface area contributed by atoms with Crippen LogP contribution in [0.3, 0.4) is 0 Å². The number of rotatable bonds is 2. The average Bonchev–Trinajstić information content (AvgIpc) is 2.25. The Hall–Kier alpha value is -1.63. The number of hydrogen-bond acceptors (Lipinski definition) is 3. The van der Waals surface area contributed by atoms with Gasteiger partial charge in [0.1, 0.15) is 11.4 Å². The molecule has 8 heteroatoms. The summed E-state index contributed by atoms with van der Waals surface area (Å²) in [7, 11) is 0. The predicted molar refractivity (Wildman–Crippen MR) is 78.7 cm³/mol. The molecule has 0 N–H and O–H groups in total. The lowest BCUT2D eigenvalue weighted by Gasteiger charge is -2.40. The van der Waals surface area contributed by atoms with E-state index in [-0.39, 0.29) is 16.7 Å². The van der Waals surface area contributed by atoms with E-state index in [0.29, 0.717) is 18.7 Å². The summed E-state index contributed by atoms with van der Waals surface area (Å²) in [6, 6.07) is 3.83. The van der Waals surface area contributed by atoms with Gasteiger partial charge in [0.25, 0.3) is 0 Å². The zero-order valence-corrected chi connectivity index (χ0v) is 13.7. The second-order valence-corrected chi connectivity index (χ2v) is 6.72. The van der Waals surface area contributed by atoms with Crippen LogP contribution in [0.25, 0.3) is 0 Å². The van der Waals surface area contributed by atoms with Crippen LogP contribution < -0.4 is 4.74 Å². The van der Waals surface area contributed by atoms with Crippen LogP contribution in [0, 0.1) is 0 Å². The maximum atomic E-state index is 12.2. The summed E-state index contributed by atoms with van der Waals surface area (Å²) in [6.45, 7) is 6.15. The van der Waals surface area contributed by atoms with Gasteiger partial charge in [-0.1, -0.05) is 17.7 Å². The molecule has 1 aromatic rings. The first-order valence-corrected chi connectivity index (χ1v) is 7.35. The predicted octanol–water partition coefficient (Wildman–Crippen LogP) is 4.57. The van der Waals surface area contributed by atoms with Crippen molar-refractivity contribution in [1.82, 2.24) is 4.90 Å². The number of carbonyl (C=O) groups excluding carboxylic acids is 1. The van der Waals surface area contributed by atoms with Crippen molar-refractivity contribution in [1.29, 1.82) is 0 Å². The molecule has 0 spiro atoms. The molecule has 0 aromatic heterocycles. The molecule has 0 saturated carbocycles. The molecule has 0 atom stereocenters. The maximum absolute atomic E-state index is 12.2. The van der Waals surface area contributed by atoms with Crippen LogP contribution in [0.15, 0.2) is 18.2 Å². The number of hydrogen-bond donors (Lipinski definition) is 0. The summed E-state index contributed by atoms with van der Waals surface area (Å²) in [6.07, 6.45) is -5.17. The second-order valence-electron chi connectivity index (χ2n) is 6.31. The average molecular weight is 352 g/mol. The highest BCUT2D eigenvalue weighted by Crippen LogP contribution is 2.35. The quantitative estimate of drug-likeness (QED) is 0.783. The number of halogens is 4. The number of benzene rings is 1. The fourth-order valence-electron chi connectivity index (χ4n) is 2.19. The Morgan fingerprint density at radius 1 is 1.26 bits per heavy atom. The lowest BCUT2D eigenvalue weighted by Crippen LogP contribution is -2.50. The van der Waals surface area contributed by atoms with Gasteiger partial charge >= 0.3 is 12.5 Å². The summed E-state index contributed by atoms with van der Waals surface area (Å²) < 4.78 is 45.5. The van der Waals surface area contributed by atoms with E-state index in [2.05, 4.69) is 4.74 Å². The van der Waals surface area contributed by atoms with E-state index in [1.807, 2.05) is 0 Å². The Labute approximate surface area is 137 Å². The highest BCUT2D eigenvalue weighted by molar-refractivity contribution is 6.31. The van der Waals surface area contributed by atoms with Crippen LogP contribution in [0.2, 0.25) is 5.02 Å². The van der Waals surface area contributed by atoms with Crippen molar-refractivity contribution in [2.24, 2.45) is 0 Å². The molecule has 1 fully saturated rings. The topological polar surface area (TPSA) is 38.8 Å². The SMILES string of the molecule is CC(C)(C)OC(=O)N1CC(c2ccc(OC(F)(F)F)cc2Cl)C1. The van der Waals surface area contributed by atoms with E-state index < -0.39 is 18.1 Å². The van der Waals surface area contributed by atoms with Crippen LogP contribution in [-0.4, -0.2) is 36.0 Å². The molecule has 0 bridgehead atoms. The largest absolute Gasteiger partial charge is 0.573 e. The Kier molecular flexibility index (Phi) is 4.71. The van der Waals surface area contributed by atoms with Crippen molar-refractivity contribution >= 4 is 17.7 Å². The van der Waals surface area contributed by atoms with E-state index in [1.54, 1.807) is 20.8 Å². The first-order valence-electron chi connectivity index (χ1n) is 6.98. The van der Waals surface area contributed by atoms with Crippen LogP contribution in [0.5, 0.6) is 5.75 Å². The van der Waals surface area contributed by atoms with Gasteiger partial charge in [0.05, 0.1) is 0 Å². The van der Waals surface area contributed by atoms with Crippen molar-refractivity contribution in [3.05, 3.63) is 28.8 Å². The number of nitrogens with zero attached hydrogens (tertiary/aromatic N) is 1. The molecule has 0 aliphatic carbocycles. The highest BCUT2D eigenvalue weighted by Gasteiger charge is 2.36. The minimum Gasteiger partial charge on any atom is -0.444 e. The van der Waals surface area contributed by atoms with Crippen molar-refractivity contribution in [2.45, 2.75) is 38.7 Å². The fourth-order valence-corrected chi connectivity index (χ4v) is 2.51. The molecule has 2 rings (SSSR count). The summed E-state index contributed by atoms with van der Waals surface area (Å²) in [5, 5.41) is 0.181. The Morgan fingerprint density at radius 2 is 1.87 bits per heavy atom. The Balaban J connectivity index is 1.96. The first kappa shape index (κ1) is 17.7. The van der Waals surface area contributed by atoms with Gasteiger partial charge in [0.15, 0.2) is 0 Å². The van der Waals surface area contributed by atoms with Crippen LogP contribution in [-0.2, 0) is 4.74 Å². The van der Waals surface area contributed by atoms with Crippen molar-refractivity contribution in [3.8, 4) is 5.75 Å². The third kappa shape index (κ3) is 4.92. The lowest BCUT2D eigenvalue weighted by molar-refractivity contribution is -0.274. The molecule has 4 nitrogen and oxygen atoms in total. The molecule has 1 aliphatic heterocycles. The summed E-state index contributed by atoms with van der Waals surface area (Å²) in [4.78, 5) is 13.4. The zero-order valence-electron chi connectivity index (χ0n) is 12.9. The zero-order chi connectivity index (χ0) is 17.4. The molecule has 0 unspecified atom stereocenters. The molecule has 0 radical (unpaired) electrons. The first-order chi connectivity index (χ1) is 10.4. The van der Waals surface area contributed by atoms with E-state index in [4.69, 9.17) is 16.3 Å². The van der Waals surface area contributed by atoms with Gasteiger partial charge in [-0.2, -0.15) is 0 Å². The van der Waals surface area contributed by atoms with Gasteiger partial charge in [-0.3, -0.25) is 0 Å². The van der Waals surface area contributed by atoms with Gasteiger partial charge < -0.3 is 14.4 Å².